The van der Waals surface area contributed by atoms with E-state index >= 15 is 0 Å². The van der Waals surface area contributed by atoms with E-state index in [1.807, 2.05) is 20.8 Å². The molecule has 1 aromatic carbocycles. The predicted octanol–water partition coefficient (Wildman–Crippen LogP) is 3.44. The fourth-order valence-electron chi connectivity index (χ4n) is 2.55. The van der Waals surface area contributed by atoms with E-state index in [1.165, 1.54) is 5.56 Å². The minimum absolute atomic E-state index is 0.0732. The van der Waals surface area contributed by atoms with Crippen molar-refractivity contribution in [2.75, 3.05) is 13.1 Å². The molecule has 3 nitrogen and oxygen atoms in total. The molecule has 1 aliphatic rings. The van der Waals surface area contributed by atoms with Crippen LogP contribution in [0.5, 0.6) is 0 Å². The van der Waals surface area contributed by atoms with Gasteiger partial charge in [0.2, 0.25) is 0 Å². The molecule has 0 radical (unpaired) electrons. The van der Waals surface area contributed by atoms with Crippen molar-refractivity contribution in [1.29, 1.82) is 0 Å². The average Bonchev–Trinajstić information content (AvgIpc) is 2.40. The quantitative estimate of drug-likeness (QED) is 0.779. The summed E-state index contributed by atoms with van der Waals surface area (Å²) in [5.74, 6) is 0. The van der Waals surface area contributed by atoms with Crippen LogP contribution >= 0.6 is 0 Å². The Balaban J connectivity index is 1.72. The Hall–Kier alpha value is -0.792. The fourth-order valence-corrected chi connectivity index (χ4v) is 5.16. The van der Waals surface area contributed by atoms with Crippen molar-refractivity contribution < 1.29 is 9.53 Å². The first-order valence-corrected chi connectivity index (χ1v) is 9.94. The third-order valence-corrected chi connectivity index (χ3v) is 6.33. The number of benzene rings is 1. The van der Waals surface area contributed by atoms with Gasteiger partial charge in [-0.2, -0.15) is 0 Å². The van der Waals surface area contributed by atoms with Crippen LogP contribution < -0.4 is 0 Å². The number of nitrogens with zero attached hydrogens (tertiary/aromatic N) is 1. The first kappa shape index (κ1) is 16.6. The van der Waals surface area contributed by atoms with Crippen LogP contribution in [-0.2, 0) is 11.3 Å². The molecule has 1 unspecified atom stereocenters. The van der Waals surface area contributed by atoms with Crippen LogP contribution in [0.2, 0.25) is 4.71 Å². The van der Waals surface area contributed by atoms with Gasteiger partial charge in [-0.05, 0) is 0 Å². The van der Waals surface area contributed by atoms with Crippen molar-refractivity contribution >= 4 is 20.5 Å². The summed E-state index contributed by atoms with van der Waals surface area (Å²) in [7, 11) is 0. The van der Waals surface area contributed by atoms with E-state index in [9.17, 15) is 4.79 Å². The number of carbonyl (C=O) groups excluding carboxylic acids is 1. The van der Waals surface area contributed by atoms with Crippen LogP contribution in [0.3, 0.4) is 0 Å². The Morgan fingerprint density at radius 1 is 1.24 bits per heavy atom. The normalized spacial score (nSPS) is 18.2. The second-order valence-corrected chi connectivity index (χ2v) is 9.86. The van der Waals surface area contributed by atoms with Gasteiger partial charge in [0.1, 0.15) is 0 Å². The standard InChI is InChI=1S/C17H26AsNO2/c1-17(2,3)21-16(20)18-15-9-11-19(12-10-15)13-14-7-5-4-6-8-14/h4-8,15,18H,9-13H2,1-3H3. The molecule has 0 saturated carbocycles. The molecule has 21 heavy (non-hydrogen) atoms. The zero-order chi connectivity index (χ0) is 15.3. The Kier molecular flexibility index (Phi) is 5.89. The third-order valence-electron chi connectivity index (χ3n) is 3.56. The number of rotatable bonds is 4. The summed E-state index contributed by atoms with van der Waals surface area (Å²) >= 11 is -0.637. The summed E-state index contributed by atoms with van der Waals surface area (Å²) in [5, 5.41) is 0. The summed E-state index contributed by atoms with van der Waals surface area (Å²) in [6, 6.07) is 10.6. The van der Waals surface area contributed by atoms with Crippen LogP contribution in [0, 0.1) is 0 Å². The molecule has 0 aromatic heterocycles. The molecule has 1 saturated heterocycles. The Bertz CT molecular complexity index is 448. The topological polar surface area (TPSA) is 29.5 Å². The predicted molar refractivity (Wildman–Crippen MR) is 88.1 cm³/mol. The Labute approximate surface area is 134 Å². The van der Waals surface area contributed by atoms with Gasteiger partial charge in [-0.15, -0.1) is 0 Å². The molecule has 1 atom stereocenters. The minimum atomic E-state index is -0.637. The summed E-state index contributed by atoms with van der Waals surface area (Å²) in [4.78, 5) is 14.4. The summed E-state index contributed by atoms with van der Waals surface area (Å²) in [6.45, 7) is 9.07. The average molecular weight is 351 g/mol. The first-order chi connectivity index (χ1) is 9.92. The number of hydrogen-bond acceptors (Lipinski definition) is 3. The second-order valence-electron chi connectivity index (χ2n) is 6.68. The SMILES string of the molecule is CC(C)(C)OC(=O)[AsH]C1CCN(Cc2ccccc2)CC1. The van der Waals surface area contributed by atoms with Gasteiger partial charge in [0.15, 0.2) is 0 Å². The summed E-state index contributed by atoms with van der Waals surface area (Å²) in [6.07, 6.45) is 2.29. The maximum atomic E-state index is 11.9. The molecular formula is C17H26AsNO2. The monoisotopic (exact) mass is 351 g/mol. The van der Waals surface area contributed by atoms with Crippen molar-refractivity contribution in [2.45, 2.75) is 50.5 Å². The van der Waals surface area contributed by atoms with E-state index in [-0.39, 0.29) is 10.4 Å². The Morgan fingerprint density at radius 2 is 1.86 bits per heavy atom. The van der Waals surface area contributed by atoms with E-state index < -0.39 is 15.8 Å². The fraction of sp³-hybridized carbons (Fsp3) is 0.588. The number of hydrogen-bond donors (Lipinski definition) is 0. The van der Waals surface area contributed by atoms with Crippen molar-refractivity contribution in [2.24, 2.45) is 0 Å². The van der Waals surface area contributed by atoms with Crippen LogP contribution in [0.15, 0.2) is 30.3 Å². The van der Waals surface area contributed by atoms with Crippen molar-refractivity contribution in [3.8, 4) is 0 Å². The Morgan fingerprint density at radius 3 is 2.43 bits per heavy atom. The first-order valence-electron chi connectivity index (χ1n) is 7.68. The van der Waals surface area contributed by atoms with Crippen molar-refractivity contribution in [1.82, 2.24) is 4.90 Å². The van der Waals surface area contributed by atoms with Gasteiger partial charge in [0.25, 0.3) is 0 Å². The van der Waals surface area contributed by atoms with E-state index in [0.717, 1.165) is 32.5 Å². The molecule has 0 aliphatic carbocycles. The van der Waals surface area contributed by atoms with Crippen molar-refractivity contribution in [3.63, 3.8) is 0 Å². The van der Waals surface area contributed by atoms with Gasteiger partial charge in [-0.1, -0.05) is 0 Å². The number of likely N-dealkylation sites (tertiary alicyclic amines) is 1. The van der Waals surface area contributed by atoms with E-state index in [2.05, 4.69) is 35.2 Å². The zero-order valence-corrected chi connectivity index (χ0v) is 15.4. The van der Waals surface area contributed by atoms with E-state index in [1.54, 1.807) is 0 Å². The van der Waals surface area contributed by atoms with Gasteiger partial charge in [0.05, 0.1) is 0 Å². The maximum absolute atomic E-state index is 11.9. The van der Waals surface area contributed by atoms with Gasteiger partial charge in [0, 0.05) is 0 Å². The molecular weight excluding hydrogens is 325 g/mol. The van der Waals surface area contributed by atoms with Crippen LogP contribution in [0.4, 0.5) is 4.79 Å². The van der Waals surface area contributed by atoms with Crippen LogP contribution in [0.25, 0.3) is 0 Å². The zero-order valence-electron chi connectivity index (χ0n) is 13.3. The number of ether oxygens (including phenoxy) is 1. The van der Waals surface area contributed by atoms with Crippen molar-refractivity contribution in [3.05, 3.63) is 35.9 Å². The third kappa shape index (κ3) is 6.23. The number of carbonyl (C=O) groups is 1. The molecule has 0 N–H and O–H groups in total. The summed E-state index contributed by atoms with van der Waals surface area (Å²) in [5.41, 5.74) is 1.04. The molecule has 1 aromatic rings. The van der Waals surface area contributed by atoms with Gasteiger partial charge in [-0.25, -0.2) is 0 Å². The van der Waals surface area contributed by atoms with Gasteiger partial charge >= 0.3 is 134 Å². The number of piperidine rings is 1. The molecule has 1 aliphatic heterocycles. The van der Waals surface area contributed by atoms with Crippen LogP contribution in [0.1, 0.15) is 39.2 Å². The molecule has 0 amide bonds. The van der Waals surface area contributed by atoms with Gasteiger partial charge in [-0.3, -0.25) is 0 Å². The molecule has 0 bridgehead atoms. The molecule has 0 spiro atoms. The molecule has 2 rings (SSSR count). The summed E-state index contributed by atoms with van der Waals surface area (Å²) < 4.78 is 6.14. The molecule has 116 valence electrons. The van der Waals surface area contributed by atoms with E-state index in [4.69, 9.17) is 4.74 Å². The van der Waals surface area contributed by atoms with Gasteiger partial charge < -0.3 is 0 Å². The molecule has 4 heteroatoms. The van der Waals surface area contributed by atoms with E-state index in [0.29, 0.717) is 4.71 Å². The van der Waals surface area contributed by atoms with Crippen LogP contribution in [-0.4, -0.2) is 44.1 Å². The second kappa shape index (κ2) is 7.46. The molecule has 1 fully saturated rings. The molecule has 1 heterocycles.